The van der Waals surface area contributed by atoms with E-state index in [1.807, 2.05) is 63.2 Å². The van der Waals surface area contributed by atoms with Crippen molar-refractivity contribution in [3.8, 4) is 11.5 Å². The molecule has 1 heterocycles. The van der Waals surface area contributed by atoms with Gasteiger partial charge in [-0.25, -0.2) is 0 Å². The van der Waals surface area contributed by atoms with E-state index in [4.69, 9.17) is 9.47 Å². The first-order chi connectivity index (χ1) is 14.1. The van der Waals surface area contributed by atoms with Gasteiger partial charge in [-0.05, 0) is 57.2 Å². The molecule has 0 bridgehead atoms. The maximum Gasteiger partial charge on any atom is 0.274 e. The highest BCUT2D eigenvalue weighted by molar-refractivity contribution is 6.04. The lowest BCUT2D eigenvalue weighted by Crippen LogP contribution is -2.14. The average Bonchev–Trinajstić information content (AvgIpc) is 2.71. The molecule has 150 valence electrons. The predicted octanol–water partition coefficient (Wildman–Crippen LogP) is 5.26. The average molecular weight is 391 g/mol. The Morgan fingerprint density at radius 1 is 1.00 bits per heavy atom. The zero-order valence-electron chi connectivity index (χ0n) is 16.8. The van der Waals surface area contributed by atoms with E-state index in [1.165, 1.54) is 0 Å². The van der Waals surface area contributed by atoms with Crippen LogP contribution in [0, 0.1) is 0 Å². The van der Waals surface area contributed by atoms with E-state index >= 15 is 0 Å². The highest BCUT2D eigenvalue weighted by Crippen LogP contribution is 2.29. The Labute approximate surface area is 170 Å². The molecule has 3 aromatic rings. The number of benzene rings is 2. The number of hydrogen-bond donors (Lipinski definition) is 2. The standard InChI is InChI=1S/C23H25N3O3/c1-4-28-21-11-7-5-9-18(21)26-23(27)20-15-17(13-14-24-20)25-19-10-6-8-12-22(19)29-16(2)3/h5-16H,4H2,1-3H3,(H,24,25)(H,26,27). The quantitative estimate of drug-likeness (QED) is 0.548. The van der Waals surface area contributed by atoms with E-state index in [2.05, 4.69) is 15.6 Å². The zero-order chi connectivity index (χ0) is 20.6. The van der Waals surface area contributed by atoms with Gasteiger partial charge in [0.25, 0.3) is 5.91 Å². The summed E-state index contributed by atoms with van der Waals surface area (Å²) < 4.78 is 11.4. The predicted molar refractivity (Wildman–Crippen MR) is 115 cm³/mol. The van der Waals surface area contributed by atoms with Crippen LogP contribution in [0.3, 0.4) is 0 Å². The third kappa shape index (κ3) is 5.48. The number of anilines is 3. The maximum absolute atomic E-state index is 12.7. The Kier molecular flexibility index (Phi) is 6.68. The Morgan fingerprint density at radius 2 is 1.69 bits per heavy atom. The van der Waals surface area contributed by atoms with Gasteiger partial charge in [0, 0.05) is 11.9 Å². The molecule has 0 saturated carbocycles. The van der Waals surface area contributed by atoms with Crippen LogP contribution >= 0.6 is 0 Å². The molecule has 29 heavy (non-hydrogen) atoms. The minimum absolute atomic E-state index is 0.0575. The van der Waals surface area contributed by atoms with Crippen LogP contribution in [0.1, 0.15) is 31.3 Å². The topological polar surface area (TPSA) is 72.5 Å². The van der Waals surface area contributed by atoms with Crippen molar-refractivity contribution in [2.75, 3.05) is 17.2 Å². The fourth-order valence-electron chi connectivity index (χ4n) is 2.75. The van der Waals surface area contributed by atoms with Gasteiger partial charge in [0.05, 0.1) is 24.1 Å². The molecule has 0 aliphatic carbocycles. The Balaban J connectivity index is 1.77. The summed E-state index contributed by atoms with van der Waals surface area (Å²) in [7, 11) is 0. The molecule has 0 aliphatic heterocycles. The van der Waals surface area contributed by atoms with Gasteiger partial charge in [0.15, 0.2) is 0 Å². The fraction of sp³-hybridized carbons (Fsp3) is 0.217. The second-order valence-electron chi connectivity index (χ2n) is 6.60. The van der Waals surface area contributed by atoms with Crippen LogP contribution in [0.4, 0.5) is 17.1 Å². The van der Waals surface area contributed by atoms with Crippen LogP contribution in [0.5, 0.6) is 11.5 Å². The molecule has 0 aliphatic rings. The summed E-state index contributed by atoms with van der Waals surface area (Å²) in [5.41, 5.74) is 2.46. The molecule has 6 nitrogen and oxygen atoms in total. The first-order valence-corrected chi connectivity index (χ1v) is 9.58. The number of rotatable bonds is 8. The molecular weight excluding hydrogens is 366 g/mol. The summed E-state index contributed by atoms with van der Waals surface area (Å²) in [4.78, 5) is 16.9. The molecule has 2 aromatic carbocycles. The van der Waals surface area contributed by atoms with E-state index in [0.29, 0.717) is 23.7 Å². The van der Waals surface area contributed by atoms with E-state index in [-0.39, 0.29) is 12.0 Å². The van der Waals surface area contributed by atoms with Crippen LogP contribution in [-0.4, -0.2) is 23.6 Å². The van der Waals surface area contributed by atoms with Gasteiger partial charge in [-0.3, -0.25) is 9.78 Å². The van der Waals surface area contributed by atoms with Gasteiger partial charge in [0.2, 0.25) is 0 Å². The summed E-state index contributed by atoms with van der Waals surface area (Å²) in [5.74, 6) is 1.06. The van der Waals surface area contributed by atoms with E-state index in [0.717, 1.165) is 17.1 Å². The van der Waals surface area contributed by atoms with E-state index in [9.17, 15) is 4.79 Å². The number of nitrogens with zero attached hydrogens (tertiary/aromatic N) is 1. The first-order valence-electron chi connectivity index (χ1n) is 9.58. The molecular formula is C23H25N3O3. The summed E-state index contributed by atoms with van der Waals surface area (Å²) in [6.45, 7) is 6.37. The summed E-state index contributed by atoms with van der Waals surface area (Å²) in [6, 6.07) is 18.5. The zero-order valence-corrected chi connectivity index (χ0v) is 16.8. The molecule has 1 aromatic heterocycles. The van der Waals surface area contributed by atoms with Crippen molar-refractivity contribution >= 4 is 23.0 Å². The minimum atomic E-state index is -0.312. The molecule has 1 amide bonds. The number of carbonyl (C=O) groups is 1. The van der Waals surface area contributed by atoms with Crippen LogP contribution in [0.2, 0.25) is 0 Å². The molecule has 0 radical (unpaired) electrons. The summed E-state index contributed by atoms with van der Waals surface area (Å²) in [6.07, 6.45) is 1.65. The lowest BCUT2D eigenvalue weighted by atomic mass is 10.2. The fourth-order valence-corrected chi connectivity index (χ4v) is 2.75. The first kappa shape index (κ1) is 20.2. The largest absolute Gasteiger partial charge is 0.492 e. The van der Waals surface area contributed by atoms with Gasteiger partial charge >= 0.3 is 0 Å². The van der Waals surface area contributed by atoms with Gasteiger partial charge < -0.3 is 20.1 Å². The van der Waals surface area contributed by atoms with Crippen LogP contribution < -0.4 is 20.1 Å². The second-order valence-corrected chi connectivity index (χ2v) is 6.60. The third-order valence-electron chi connectivity index (χ3n) is 3.96. The monoisotopic (exact) mass is 391 g/mol. The summed E-state index contributed by atoms with van der Waals surface area (Å²) >= 11 is 0. The highest BCUT2D eigenvalue weighted by atomic mass is 16.5. The Hall–Kier alpha value is -3.54. The van der Waals surface area contributed by atoms with Crippen molar-refractivity contribution in [1.82, 2.24) is 4.98 Å². The van der Waals surface area contributed by atoms with Crippen LogP contribution in [0.25, 0.3) is 0 Å². The van der Waals surface area contributed by atoms with Crippen LogP contribution in [-0.2, 0) is 0 Å². The molecule has 0 unspecified atom stereocenters. The number of hydrogen-bond acceptors (Lipinski definition) is 5. The van der Waals surface area contributed by atoms with Crippen molar-refractivity contribution in [2.24, 2.45) is 0 Å². The number of amides is 1. The number of carbonyl (C=O) groups excluding carboxylic acids is 1. The molecule has 0 spiro atoms. The van der Waals surface area contributed by atoms with Gasteiger partial charge in [0.1, 0.15) is 17.2 Å². The normalized spacial score (nSPS) is 10.5. The number of aromatic nitrogens is 1. The lowest BCUT2D eigenvalue weighted by Gasteiger charge is -2.16. The Bertz CT molecular complexity index is 973. The molecule has 0 saturated heterocycles. The van der Waals surface area contributed by atoms with Crippen LogP contribution in [0.15, 0.2) is 66.9 Å². The van der Waals surface area contributed by atoms with Crippen molar-refractivity contribution < 1.29 is 14.3 Å². The minimum Gasteiger partial charge on any atom is -0.492 e. The lowest BCUT2D eigenvalue weighted by molar-refractivity contribution is 0.102. The second kappa shape index (κ2) is 9.59. The van der Waals surface area contributed by atoms with Gasteiger partial charge in [-0.1, -0.05) is 24.3 Å². The molecule has 0 atom stereocenters. The molecule has 0 fully saturated rings. The SMILES string of the molecule is CCOc1ccccc1NC(=O)c1cc(Nc2ccccc2OC(C)C)ccn1. The Morgan fingerprint density at radius 3 is 2.41 bits per heavy atom. The van der Waals surface area contributed by atoms with Crippen molar-refractivity contribution in [3.05, 3.63) is 72.6 Å². The van der Waals surface area contributed by atoms with Crippen molar-refractivity contribution in [2.45, 2.75) is 26.9 Å². The smallest absolute Gasteiger partial charge is 0.274 e. The molecule has 2 N–H and O–H groups in total. The number of nitrogens with one attached hydrogen (secondary N) is 2. The number of para-hydroxylation sites is 4. The molecule has 6 heteroatoms. The maximum atomic E-state index is 12.7. The van der Waals surface area contributed by atoms with Crippen molar-refractivity contribution in [1.29, 1.82) is 0 Å². The number of ether oxygens (including phenoxy) is 2. The third-order valence-corrected chi connectivity index (χ3v) is 3.96. The van der Waals surface area contributed by atoms with Gasteiger partial charge in [-0.2, -0.15) is 0 Å². The van der Waals surface area contributed by atoms with Crippen molar-refractivity contribution in [3.63, 3.8) is 0 Å². The molecule has 3 rings (SSSR count). The van der Waals surface area contributed by atoms with Gasteiger partial charge in [-0.15, -0.1) is 0 Å². The van der Waals surface area contributed by atoms with E-state index in [1.54, 1.807) is 24.4 Å². The summed E-state index contributed by atoms with van der Waals surface area (Å²) in [5, 5.41) is 6.16. The van der Waals surface area contributed by atoms with E-state index < -0.39 is 0 Å². The highest BCUT2D eigenvalue weighted by Gasteiger charge is 2.12. The number of pyridine rings is 1.